The molecule has 0 spiro atoms. The van der Waals surface area contributed by atoms with E-state index in [4.69, 9.17) is 5.11 Å². The highest BCUT2D eigenvalue weighted by Gasteiger charge is 2.37. The Hall–Kier alpha value is -1.79. The van der Waals surface area contributed by atoms with E-state index in [1.54, 1.807) is 0 Å². The van der Waals surface area contributed by atoms with Gasteiger partial charge in [0.05, 0.1) is 11.3 Å². The lowest BCUT2D eigenvalue weighted by molar-refractivity contribution is -0.422. The molecule has 1 aliphatic carbocycles. The molecule has 0 aliphatic heterocycles. The van der Waals surface area contributed by atoms with Crippen molar-refractivity contribution >= 4 is 5.97 Å². The van der Waals surface area contributed by atoms with E-state index in [9.17, 15) is 23.7 Å². The average molecular weight is 219 g/mol. The highest BCUT2D eigenvalue weighted by molar-refractivity contribution is 5.69. The van der Waals surface area contributed by atoms with Crippen LogP contribution in [0.4, 0.5) is 8.78 Å². The number of rotatable bonds is 3. The van der Waals surface area contributed by atoms with E-state index in [0.717, 1.165) is 0 Å². The first-order chi connectivity index (χ1) is 6.84. The third kappa shape index (κ3) is 2.58. The molecule has 15 heavy (non-hydrogen) atoms. The average Bonchev–Trinajstić information content (AvgIpc) is 1.99. The Morgan fingerprint density at radius 1 is 1.73 bits per heavy atom. The molecule has 5 nitrogen and oxygen atoms in total. The monoisotopic (exact) mass is 219 g/mol. The van der Waals surface area contributed by atoms with Gasteiger partial charge in [0, 0.05) is 12.5 Å². The second-order valence-corrected chi connectivity index (χ2v) is 3.16. The number of hydrogen-bond donors (Lipinski definition) is 1. The van der Waals surface area contributed by atoms with Crippen LogP contribution in [0.2, 0.25) is 0 Å². The Bertz CT molecular complexity index is 377. The number of nitrogens with zero attached hydrogens (tertiary/aromatic N) is 1. The number of nitro groups is 1. The number of halogens is 2. The summed E-state index contributed by atoms with van der Waals surface area (Å²) in [6, 6.07) is 0. The summed E-state index contributed by atoms with van der Waals surface area (Å²) in [6.07, 6.45) is -0.460. The molecule has 1 unspecified atom stereocenters. The van der Waals surface area contributed by atoms with Crippen LogP contribution in [0.3, 0.4) is 0 Å². The number of carbonyl (C=O) groups is 1. The second-order valence-electron chi connectivity index (χ2n) is 3.16. The maximum absolute atomic E-state index is 13.5. The molecule has 0 bridgehead atoms. The van der Waals surface area contributed by atoms with Gasteiger partial charge in [0.15, 0.2) is 5.83 Å². The standard InChI is InChI=1S/C8H7F2NO4/c9-5-3-8(10,4-7(12)13)2-1-6(5)11(14)15/h1-2H,3-4H2,(H,12,13). The minimum atomic E-state index is -2.38. The van der Waals surface area contributed by atoms with E-state index in [2.05, 4.69) is 0 Å². The van der Waals surface area contributed by atoms with Crippen LogP contribution in [0.25, 0.3) is 0 Å². The van der Waals surface area contributed by atoms with Gasteiger partial charge < -0.3 is 5.11 Å². The third-order valence-electron chi connectivity index (χ3n) is 1.91. The summed E-state index contributed by atoms with van der Waals surface area (Å²) in [5, 5.41) is 18.6. The van der Waals surface area contributed by atoms with Crippen molar-refractivity contribution in [2.75, 3.05) is 0 Å². The molecule has 0 aromatic carbocycles. The minimum absolute atomic E-state index is 0.655. The fourth-order valence-corrected chi connectivity index (χ4v) is 1.26. The molecule has 0 heterocycles. The van der Waals surface area contributed by atoms with Gasteiger partial charge >= 0.3 is 5.97 Å². The zero-order valence-electron chi connectivity index (χ0n) is 7.44. The summed E-state index contributed by atoms with van der Waals surface area (Å²) in [4.78, 5) is 19.5. The molecule has 0 aromatic rings. The number of alkyl halides is 1. The van der Waals surface area contributed by atoms with Crippen LogP contribution in [0.1, 0.15) is 12.8 Å². The Kier molecular flexibility index (Phi) is 2.83. The van der Waals surface area contributed by atoms with Gasteiger partial charge in [-0.25, -0.2) is 8.78 Å². The molecular weight excluding hydrogens is 212 g/mol. The predicted octanol–water partition coefficient (Wildman–Crippen LogP) is 1.59. The van der Waals surface area contributed by atoms with Crippen molar-refractivity contribution in [2.45, 2.75) is 18.5 Å². The van der Waals surface area contributed by atoms with Gasteiger partial charge in [0.2, 0.25) is 0 Å². The molecule has 0 fully saturated rings. The maximum atomic E-state index is 13.5. The van der Waals surface area contributed by atoms with Gasteiger partial charge in [-0.2, -0.15) is 0 Å². The first kappa shape index (κ1) is 11.3. The van der Waals surface area contributed by atoms with E-state index >= 15 is 0 Å². The van der Waals surface area contributed by atoms with Gasteiger partial charge in [-0.05, 0) is 6.08 Å². The first-order valence-corrected chi connectivity index (χ1v) is 3.97. The zero-order valence-corrected chi connectivity index (χ0v) is 7.44. The fraction of sp³-hybridized carbons (Fsp3) is 0.375. The predicted molar refractivity (Wildman–Crippen MR) is 45.0 cm³/mol. The van der Waals surface area contributed by atoms with Crippen LogP contribution in [-0.4, -0.2) is 21.7 Å². The number of carboxylic acids is 1. The molecule has 1 rings (SSSR count). The third-order valence-corrected chi connectivity index (χ3v) is 1.91. The van der Waals surface area contributed by atoms with Crippen LogP contribution in [0.15, 0.2) is 23.7 Å². The molecule has 0 saturated carbocycles. The molecular formula is C8H7F2NO4. The smallest absolute Gasteiger partial charge is 0.306 e. The van der Waals surface area contributed by atoms with E-state index in [0.29, 0.717) is 12.2 Å². The molecule has 7 heteroatoms. The van der Waals surface area contributed by atoms with E-state index < -0.39 is 40.9 Å². The molecule has 82 valence electrons. The Labute approximate surface area is 82.8 Å². The van der Waals surface area contributed by atoms with Crippen molar-refractivity contribution in [3.05, 3.63) is 33.8 Å². The molecule has 0 saturated heterocycles. The molecule has 1 atom stereocenters. The van der Waals surface area contributed by atoms with Crippen LogP contribution in [0.5, 0.6) is 0 Å². The summed E-state index contributed by atoms with van der Waals surface area (Å²) in [6.45, 7) is 0. The highest BCUT2D eigenvalue weighted by atomic mass is 19.1. The molecule has 0 aromatic heterocycles. The van der Waals surface area contributed by atoms with E-state index in [-0.39, 0.29) is 0 Å². The van der Waals surface area contributed by atoms with E-state index in [1.165, 1.54) is 0 Å². The summed E-state index contributed by atoms with van der Waals surface area (Å²) < 4.78 is 26.5. The van der Waals surface area contributed by atoms with Crippen molar-refractivity contribution in [1.82, 2.24) is 0 Å². The molecule has 1 aliphatic rings. The van der Waals surface area contributed by atoms with Crippen molar-refractivity contribution in [3.8, 4) is 0 Å². The SMILES string of the molecule is O=C(O)CC1(F)C=CC([N+](=O)[O-])=C(F)C1. The first-order valence-electron chi connectivity index (χ1n) is 3.97. The minimum Gasteiger partial charge on any atom is -0.481 e. The normalized spacial score (nSPS) is 25.5. The maximum Gasteiger partial charge on any atom is 0.306 e. The largest absolute Gasteiger partial charge is 0.481 e. The Balaban J connectivity index is 2.89. The van der Waals surface area contributed by atoms with Crippen LogP contribution in [0, 0.1) is 10.1 Å². The molecule has 1 N–H and O–H groups in total. The van der Waals surface area contributed by atoms with Crippen LogP contribution < -0.4 is 0 Å². The molecule has 0 radical (unpaired) electrons. The summed E-state index contributed by atoms with van der Waals surface area (Å²) >= 11 is 0. The van der Waals surface area contributed by atoms with Gasteiger partial charge in [-0.15, -0.1) is 0 Å². The lowest BCUT2D eigenvalue weighted by Gasteiger charge is -2.20. The summed E-state index contributed by atoms with van der Waals surface area (Å²) in [7, 11) is 0. The topological polar surface area (TPSA) is 80.4 Å². The van der Waals surface area contributed by atoms with Crippen LogP contribution in [-0.2, 0) is 4.79 Å². The summed E-state index contributed by atoms with van der Waals surface area (Å²) in [5.41, 5.74) is -3.20. The fourth-order valence-electron chi connectivity index (χ4n) is 1.26. The highest BCUT2D eigenvalue weighted by Crippen LogP contribution is 2.33. The second kappa shape index (κ2) is 3.76. The lowest BCUT2D eigenvalue weighted by atomic mass is 9.92. The number of carboxylic acid groups (broad SMARTS) is 1. The van der Waals surface area contributed by atoms with Gasteiger partial charge in [0.25, 0.3) is 5.70 Å². The Morgan fingerprint density at radius 3 is 2.73 bits per heavy atom. The van der Waals surface area contributed by atoms with Gasteiger partial charge in [-0.3, -0.25) is 14.9 Å². The Morgan fingerprint density at radius 2 is 2.33 bits per heavy atom. The number of allylic oxidation sites excluding steroid dienone is 3. The molecule has 0 amide bonds. The number of hydrogen-bond acceptors (Lipinski definition) is 3. The van der Waals surface area contributed by atoms with Crippen molar-refractivity contribution in [1.29, 1.82) is 0 Å². The van der Waals surface area contributed by atoms with Crippen molar-refractivity contribution < 1.29 is 23.6 Å². The van der Waals surface area contributed by atoms with Gasteiger partial charge in [-0.1, -0.05) is 0 Å². The van der Waals surface area contributed by atoms with Crippen molar-refractivity contribution in [3.63, 3.8) is 0 Å². The van der Waals surface area contributed by atoms with Crippen LogP contribution >= 0.6 is 0 Å². The summed E-state index contributed by atoms with van der Waals surface area (Å²) in [5.74, 6) is -2.68. The van der Waals surface area contributed by atoms with Gasteiger partial charge in [0.1, 0.15) is 5.67 Å². The zero-order chi connectivity index (χ0) is 11.6. The van der Waals surface area contributed by atoms with E-state index in [1.807, 2.05) is 0 Å². The lowest BCUT2D eigenvalue weighted by Crippen LogP contribution is -2.27. The number of aliphatic carboxylic acids is 1. The van der Waals surface area contributed by atoms with Crippen molar-refractivity contribution in [2.24, 2.45) is 0 Å². The quantitative estimate of drug-likeness (QED) is 0.577.